The molecular formula is C14H18N2O2S2. The summed E-state index contributed by atoms with van der Waals surface area (Å²) in [5.41, 5.74) is 0. The van der Waals surface area contributed by atoms with Crippen LogP contribution in [0.5, 0.6) is 0 Å². The molecule has 0 aliphatic carbocycles. The van der Waals surface area contributed by atoms with Gasteiger partial charge in [-0.3, -0.25) is 9.59 Å². The number of benzene rings is 1. The number of carbonyl (C=O) groups is 2. The van der Waals surface area contributed by atoms with Gasteiger partial charge in [-0.05, 0) is 24.3 Å². The Balaban J connectivity index is 1.54. The number of carbonyl (C=O) groups excluding carboxylic acids is 2. The Morgan fingerprint density at radius 1 is 1.35 bits per heavy atom. The summed E-state index contributed by atoms with van der Waals surface area (Å²) < 4.78 is 0. The van der Waals surface area contributed by atoms with E-state index >= 15 is 0 Å². The number of nitrogens with zero attached hydrogens (tertiary/aromatic N) is 1. The van der Waals surface area contributed by atoms with Gasteiger partial charge >= 0.3 is 0 Å². The van der Waals surface area contributed by atoms with Crippen molar-refractivity contribution in [3.8, 4) is 0 Å². The minimum absolute atomic E-state index is 0.0600. The Labute approximate surface area is 127 Å². The zero-order chi connectivity index (χ0) is 14.2. The summed E-state index contributed by atoms with van der Waals surface area (Å²) in [5.74, 6) is 2.11. The second-order valence-electron chi connectivity index (χ2n) is 4.43. The van der Waals surface area contributed by atoms with Crippen LogP contribution in [0, 0.1) is 0 Å². The molecule has 1 aliphatic heterocycles. The highest BCUT2D eigenvalue weighted by atomic mass is 32.2. The molecule has 0 atom stereocenters. The topological polar surface area (TPSA) is 49.4 Å². The van der Waals surface area contributed by atoms with Crippen molar-refractivity contribution < 1.29 is 9.59 Å². The molecule has 0 saturated carbocycles. The van der Waals surface area contributed by atoms with Crippen LogP contribution in [-0.2, 0) is 9.59 Å². The van der Waals surface area contributed by atoms with Crippen molar-refractivity contribution >= 4 is 35.3 Å². The van der Waals surface area contributed by atoms with Crippen molar-refractivity contribution in [1.82, 2.24) is 10.2 Å². The van der Waals surface area contributed by atoms with Crippen LogP contribution >= 0.6 is 23.5 Å². The van der Waals surface area contributed by atoms with Crippen LogP contribution in [0.2, 0.25) is 0 Å². The number of thioether (sulfide) groups is 2. The summed E-state index contributed by atoms with van der Waals surface area (Å²) in [4.78, 5) is 25.9. The molecular weight excluding hydrogens is 292 g/mol. The van der Waals surface area contributed by atoms with Crippen LogP contribution in [0.1, 0.15) is 6.42 Å². The van der Waals surface area contributed by atoms with Crippen molar-refractivity contribution in [3.63, 3.8) is 0 Å². The monoisotopic (exact) mass is 310 g/mol. The first kappa shape index (κ1) is 15.3. The van der Waals surface area contributed by atoms with E-state index in [4.69, 9.17) is 0 Å². The molecule has 1 aliphatic rings. The molecule has 0 spiro atoms. The van der Waals surface area contributed by atoms with Gasteiger partial charge in [0, 0.05) is 11.4 Å². The van der Waals surface area contributed by atoms with E-state index < -0.39 is 0 Å². The number of hydrogen-bond donors (Lipinski definition) is 1. The van der Waals surface area contributed by atoms with E-state index in [1.807, 2.05) is 18.2 Å². The maximum atomic E-state index is 11.7. The first-order valence-electron chi connectivity index (χ1n) is 6.56. The molecule has 0 bridgehead atoms. The van der Waals surface area contributed by atoms with Crippen molar-refractivity contribution in [3.05, 3.63) is 30.3 Å². The lowest BCUT2D eigenvalue weighted by Crippen LogP contribution is -2.38. The smallest absolute Gasteiger partial charge is 0.239 e. The van der Waals surface area contributed by atoms with Crippen LogP contribution in [0.25, 0.3) is 0 Å². The summed E-state index contributed by atoms with van der Waals surface area (Å²) in [5, 5.41) is 2.86. The van der Waals surface area contributed by atoms with E-state index in [1.54, 1.807) is 28.4 Å². The van der Waals surface area contributed by atoms with Crippen LogP contribution in [-0.4, -0.2) is 47.2 Å². The Morgan fingerprint density at radius 2 is 2.15 bits per heavy atom. The molecule has 20 heavy (non-hydrogen) atoms. The molecule has 0 unspecified atom stereocenters. The number of hydrogen-bond acceptors (Lipinski definition) is 4. The second kappa shape index (κ2) is 8.21. The molecule has 0 radical (unpaired) electrons. The lowest BCUT2D eigenvalue weighted by Gasteiger charge is -2.14. The summed E-state index contributed by atoms with van der Waals surface area (Å²) >= 11 is 3.34. The summed E-state index contributed by atoms with van der Waals surface area (Å²) in [6, 6.07) is 10.2. The SMILES string of the molecule is O=C(CN1CSCC1=O)NCCCSc1ccccc1. The maximum Gasteiger partial charge on any atom is 0.239 e. The third-order valence-corrected chi connectivity index (χ3v) is 4.86. The Morgan fingerprint density at radius 3 is 2.85 bits per heavy atom. The average Bonchev–Trinajstić information content (AvgIpc) is 2.85. The highest BCUT2D eigenvalue weighted by Crippen LogP contribution is 2.17. The van der Waals surface area contributed by atoms with Crippen LogP contribution in [0.4, 0.5) is 0 Å². The van der Waals surface area contributed by atoms with Gasteiger partial charge in [-0.15, -0.1) is 23.5 Å². The van der Waals surface area contributed by atoms with E-state index in [2.05, 4.69) is 17.4 Å². The van der Waals surface area contributed by atoms with Crippen LogP contribution in [0.3, 0.4) is 0 Å². The van der Waals surface area contributed by atoms with Gasteiger partial charge < -0.3 is 10.2 Å². The van der Waals surface area contributed by atoms with Gasteiger partial charge in [-0.2, -0.15) is 0 Å². The van der Waals surface area contributed by atoms with E-state index in [1.165, 1.54) is 4.90 Å². The molecule has 4 nitrogen and oxygen atoms in total. The van der Waals surface area contributed by atoms with Crippen molar-refractivity contribution in [1.29, 1.82) is 0 Å². The van der Waals surface area contributed by atoms with Crippen LogP contribution < -0.4 is 5.32 Å². The van der Waals surface area contributed by atoms with Gasteiger partial charge in [0.15, 0.2) is 0 Å². The van der Waals surface area contributed by atoms with Gasteiger partial charge in [0.05, 0.1) is 11.6 Å². The third-order valence-electron chi connectivity index (χ3n) is 2.82. The molecule has 0 aromatic heterocycles. The lowest BCUT2D eigenvalue weighted by molar-refractivity contribution is -0.132. The van der Waals surface area contributed by atoms with Crippen molar-refractivity contribution in [2.75, 3.05) is 30.5 Å². The number of rotatable bonds is 7. The molecule has 1 aromatic carbocycles. The highest BCUT2D eigenvalue weighted by Gasteiger charge is 2.22. The Kier molecular flexibility index (Phi) is 6.26. The minimum Gasteiger partial charge on any atom is -0.355 e. The lowest BCUT2D eigenvalue weighted by atomic mass is 10.4. The maximum absolute atomic E-state index is 11.7. The average molecular weight is 310 g/mol. The molecule has 6 heteroatoms. The fourth-order valence-corrected chi connectivity index (χ4v) is 3.55. The van der Waals surface area contributed by atoms with E-state index in [9.17, 15) is 9.59 Å². The molecule has 1 aromatic rings. The summed E-state index contributed by atoms with van der Waals surface area (Å²) in [7, 11) is 0. The summed E-state index contributed by atoms with van der Waals surface area (Å²) in [6.45, 7) is 0.853. The first-order valence-corrected chi connectivity index (χ1v) is 8.70. The quantitative estimate of drug-likeness (QED) is 0.616. The third kappa shape index (κ3) is 5.09. The molecule has 2 rings (SSSR count). The normalized spacial score (nSPS) is 14.6. The number of nitrogens with one attached hydrogen (secondary N) is 1. The van der Waals surface area contributed by atoms with E-state index in [0.29, 0.717) is 18.2 Å². The molecule has 1 saturated heterocycles. The fourth-order valence-electron chi connectivity index (χ4n) is 1.78. The van der Waals surface area contributed by atoms with Crippen molar-refractivity contribution in [2.45, 2.75) is 11.3 Å². The predicted octanol–water partition coefficient (Wildman–Crippen LogP) is 1.82. The zero-order valence-electron chi connectivity index (χ0n) is 11.2. The van der Waals surface area contributed by atoms with Gasteiger partial charge in [-0.25, -0.2) is 0 Å². The number of amides is 2. The molecule has 1 heterocycles. The van der Waals surface area contributed by atoms with Crippen LogP contribution in [0.15, 0.2) is 35.2 Å². The largest absolute Gasteiger partial charge is 0.355 e. The highest BCUT2D eigenvalue weighted by molar-refractivity contribution is 8.00. The minimum atomic E-state index is -0.0643. The Bertz CT molecular complexity index is 454. The Hall–Kier alpha value is -1.14. The van der Waals surface area contributed by atoms with Gasteiger partial charge in [-0.1, -0.05) is 18.2 Å². The molecule has 108 valence electrons. The van der Waals surface area contributed by atoms with Crippen molar-refractivity contribution in [2.24, 2.45) is 0 Å². The zero-order valence-corrected chi connectivity index (χ0v) is 12.8. The van der Waals surface area contributed by atoms with Gasteiger partial charge in [0.25, 0.3) is 0 Å². The predicted molar refractivity (Wildman–Crippen MR) is 83.8 cm³/mol. The standard InChI is InChI=1S/C14H18N2O2S2/c17-13(9-16-11-19-10-14(16)18)15-7-4-8-20-12-5-2-1-3-6-12/h1-3,5-6H,4,7-11H2,(H,15,17). The summed E-state index contributed by atoms with van der Waals surface area (Å²) in [6.07, 6.45) is 0.925. The van der Waals surface area contributed by atoms with E-state index in [-0.39, 0.29) is 18.4 Å². The van der Waals surface area contributed by atoms with Gasteiger partial charge in [0.1, 0.15) is 6.54 Å². The fraction of sp³-hybridized carbons (Fsp3) is 0.429. The molecule has 1 fully saturated rings. The first-order chi connectivity index (χ1) is 9.75. The van der Waals surface area contributed by atoms with E-state index in [0.717, 1.165) is 12.2 Å². The van der Waals surface area contributed by atoms with Gasteiger partial charge in [0.2, 0.25) is 11.8 Å². The molecule has 1 N–H and O–H groups in total. The second-order valence-corrected chi connectivity index (χ2v) is 6.56. The molecule has 2 amide bonds.